The molecule has 0 aliphatic rings. The molecule has 1 heterocycles. The lowest BCUT2D eigenvalue weighted by molar-refractivity contribution is 0.405. The zero-order chi connectivity index (χ0) is 12.3. The van der Waals surface area contributed by atoms with Gasteiger partial charge in [-0.1, -0.05) is 5.16 Å². The molecule has 0 spiro atoms. The van der Waals surface area contributed by atoms with Crippen LogP contribution in [0.15, 0.2) is 33.8 Å². The Balaban J connectivity index is 2.50. The quantitative estimate of drug-likeness (QED) is 0.604. The van der Waals surface area contributed by atoms with Crippen molar-refractivity contribution in [1.82, 2.24) is 5.16 Å². The Morgan fingerprint density at radius 1 is 1.47 bits per heavy atom. The van der Waals surface area contributed by atoms with Gasteiger partial charge in [0, 0.05) is 6.07 Å². The average Bonchev–Trinajstić information content (AvgIpc) is 2.78. The molecule has 0 N–H and O–H groups in total. The van der Waals surface area contributed by atoms with E-state index in [0.717, 1.165) is 0 Å². The largest absolute Gasteiger partial charge is 0.496 e. The molecule has 0 aliphatic heterocycles. The molecular formula is C11H7FN2O3. The van der Waals surface area contributed by atoms with E-state index in [-0.39, 0.29) is 11.6 Å². The molecule has 17 heavy (non-hydrogen) atoms. The van der Waals surface area contributed by atoms with Crippen molar-refractivity contribution in [3.63, 3.8) is 0 Å². The second-order valence-corrected chi connectivity index (χ2v) is 3.10. The van der Waals surface area contributed by atoms with Gasteiger partial charge in [0.05, 0.1) is 12.7 Å². The van der Waals surface area contributed by atoms with Gasteiger partial charge in [0.25, 0.3) is 0 Å². The van der Waals surface area contributed by atoms with E-state index in [1.165, 1.54) is 37.5 Å². The lowest BCUT2D eigenvalue weighted by atomic mass is 10.1. The Morgan fingerprint density at radius 3 is 3.00 bits per heavy atom. The minimum absolute atomic E-state index is 0.0707. The lowest BCUT2D eigenvalue weighted by Gasteiger charge is -2.04. The summed E-state index contributed by atoms with van der Waals surface area (Å²) < 4.78 is 23.1. The maximum absolute atomic E-state index is 13.1. The third-order valence-corrected chi connectivity index (χ3v) is 2.08. The van der Waals surface area contributed by atoms with Gasteiger partial charge in [-0.25, -0.2) is 9.18 Å². The first-order valence-corrected chi connectivity index (χ1v) is 4.63. The van der Waals surface area contributed by atoms with E-state index in [9.17, 15) is 9.18 Å². The SMILES string of the molecule is COc1ccc(F)cc1-c1cc(N=C=O)no1. The van der Waals surface area contributed by atoms with Crippen LogP contribution in [0.1, 0.15) is 0 Å². The van der Waals surface area contributed by atoms with Gasteiger partial charge >= 0.3 is 0 Å². The fourth-order valence-electron chi connectivity index (χ4n) is 1.37. The second-order valence-electron chi connectivity index (χ2n) is 3.10. The summed E-state index contributed by atoms with van der Waals surface area (Å²) in [6.45, 7) is 0. The van der Waals surface area contributed by atoms with E-state index in [1.54, 1.807) is 0 Å². The fourth-order valence-corrected chi connectivity index (χ4v) is 1.37. The van der Waals surface area contributed by atoms with Crippen molar-refractivity contribution in [1.29, 1.82) is 0 Å². The first-order chi connectivity index (χ1) is 8.24. The van der Waals surface area contributed by atoms with Crippen molar-refractivity contribution < 1.29 is 18.4 Å². The number of hydrogen-bond donors (Lipinski definition) is 0. The zero-order valence-electron chi connectivity index (χ0n) is 8.81. The van der Waals surface area contributed by atoms with Gasteiger partial charge in [0.1, 0.15) is 11.6 Å². The maximum atomic E-state index is 13.1. The predicted molar refractivity (Wildman–Crippen MR) is 56.2 cm³/mol. The highest BCUT2D eigenvalue weighted by Crippen LogP contribution is 2.32. The number of rotatable bonds is 3. The van der Waals surface area contributed by atoms with Crippen molar-refractivity contribution >= 4 is 11.9 Å². The van der Waals surface area contributed by atoms with Crippen LogP contribution in [0.5, 0.6) is 5.75 Å². The van der Waals surface area contributed by atoms with E-state index >= 15 is 0 Å². The number of aromatic nitrogens is 1. The van der Waals surface area contributed by atoms with Crippen LogP contribution in [0, 0.1) is 5.82 Å². The van der Waals surface area contributed by atoms with Crippen LogP contribution in [0.3, 0.4) is 0 Å². The second kappa shape index (κ2) is 4.59. The summed E-state index contributed by atoms with van der Waals surface area (Å²) in [6.07, 6.45) is 1.34. The molecular weight excluding hydrogens is 227 g/mol. The molecule has 1 aromatic heterocycles. The van der Waals surface area contributed by atoms with Gasteiger partial charge in [-0.05, 0) is 18.2 Å². The molecule has 0 aliphatic carbocycles. The van der Waals surface area contributed by atoms with Crippen LogP contribution in [-0.4, -0.2) is 18.3 Å². The monoisotopic (exact) mass is 234 g/mol. The summed E-state index contributed by atoms with van der Waals surface area (Å²) in [5.74, 6) is 0.332. The summed E-state index contributed by atoms with van der Waals surface area (Å²) in [6, 6.07) is 5.37. The summed E-state index contributed by atoms with van der Waals surface area (Å²) in [5, 5.41) is 3.51. The number of methoxy groups -OCH3 is 1. The molecule has 2 aromatic rings. The molecule has 0 unspecified atom stereocenters. The van der Waals surface area contributed by atoms with Crippen molar-refractivity contribution in [2.24, 2.45) is 4.99 Å². The molecule has 0 atom stereocenters. The predicted octanol–water partition coefficient (Wildman–Crippen LogP) is 2.46. The van der Waals surface area contributed by atoms with Gasteiger partial charge < -0.3 is 9.26 Å². The smallest absolute Gasteiger partial charge is 0.242 e. The fraction of sp³-hybridized carbons (Fsp3) is 0.0909. The maximum Gasteiger partial charge on any atom is 0.242 e. The first kappa shape index (κ1) is 11.0. The zero-order valence-corrected chi connectivity index (χ0v) is 8.81. The average molecular weight is 234 g/mol. The van der Waals surface area contributed by atoms with Gasteiger partial charge in [-0.2, -0.15) is 0 Å². The molecule has 2 rings (SSSR count). The molecule has 0 fully saturated rings. The molecule has 0 saturated carbocycles. The number of halogens is 1. The van der Waals surface area contributed by atoms with Crippen LogP contribution >= 0.6 is 0 Å². The molecule has 5 nitrogen and oxygen atoms in total. The minimum atomic E-state index is -0.433. The van der Waals surface area contributed by atoms with Crippen LogP contribution in [0.25, 0.3) is 11.3 Å². The highest BCUT2D eigenvalue weighted by atomic mass is 19.1. The number of hydrogen-bond acceptors (Lipinski definition) is 5. The molecule has 86 valence electrons. The number of ether oxygens (including phenoxy) is 1. The standard InChI is InChI=1S/C11H7FN2O3/c1-16-9-3-2-7(12)4-8(9)10-5-11(13-6-15)14-17-10/h2-5H,1H3. The molecule has 0 amide bonds. The Labute approximate surface area is 95.5 Å². The first-order valence-electron chi connectivity index (χ1n) is 4.63. The Morgan fingerprint density at radius 2 is 2.29 bits per heavy atom. The Kier molecular flexibility index (Phi) is 2.98. The van der Waals surface area contributed by atoms with Crippen molar-refractivity contribution in [2.45, 2.75) is 0 Å². The van der Waals surface area contributed by atoms with Crippen molar-refractivity contribution in [2.75, 3.05) is 7.11 Å². The number of aliphatic imine (C=N–C) groups is 1. The minimum Gasteiger partial charge on any atom is -0.496 e. The summed E-state index contributed by atoms with van der Waals surface area (Å²) in [7, 11) is 1.46. The van der Waals surface area contributed by atoms with Gasteiger partial charge in [0.2, 0.25) is 11.9 Å². The molecule has 0 bridgehead atoms. The molecule has 0 radical (unpaired) electrons. The van der Waals surface area contributed by atoms with Gasteiger partial charge in [-0.3, -0.25) is 0 Å². The summed E-state index contributed by atoms with van der Waals surface area (Å²) in [4.78, 5) is 13.3. The van der Waals surface area contributed by atoms with Crippen LogP contribution in [0.4, 0.5) is 10.2 Å². The van der Waals surface area contributed by atoms with Crippen LogP contribution < -0.4 is 4.74 Å². The third-order valence-electron chi connectivity index (χ3n) is 2.08. The van der Waals surface area contributed by atoms with E-state index in [4.69, 9.17) is 9.26 Å². The summed E-state index contributed by atoms with van der Waals surface area (Å²) >= 11 is 0. The van der Waals surface area contributed by atoms with Crippen molar-refractivity contribution in [3.8, 4) is 17.1 Å². The van der Waals surface area contributed by atoms with E-state index in [1.807, 2.05) is 0 Å². The van der Waals surface area contributed by atoms with Crippen LogP contribution in [0.2, 0.25) is 0 Å². The van der Waals surface area contributed by atoms with Crippen molar-refractivity contribution in [3.05, 3.63) is 30.1 Å². The van der Waals surface area contributed by atoms with Gasteiger partial charge in [0.15, 0.2) is 5.76 Å². The van der Waals surface area contributed by atoms with Gasteiger partial charge in [-0.15, -0.1) is 4.99 Å². The molecule has 1 aromatic carbocycles. The third kappa shape index (κ3) is 2.21. The highest BCUT2D eigenvalue weighted by molar-refractivity contribution is 5.67. The summed E-state index contributed by atoms with van der Waals surface area (Å²) in [5.41, 5.74) is 0.396. The highest BCUT2D eigenvalue weighted by Gasteiger charge is 2.12. The van der Waals surface area contributed by atoms with E-state index in [2.05, 4.69) is 10.1 Å². The van der Waals surface area contributed by atoms with E-state index in [0.29, 0.717) is 11.3 Å². The Bertz CT molecular complexity index is 588. The Hall–Kier alpha value is -2.46. The lowest BCUT2D eigenvalue weighted by Crippen LogP contribution is -1.87. The normalized spacial score (nSPS) is 9.76. The topological polar surface area (TPSA) is 64.7 Å². The number of nitrogens with zero attached hydrogens (tertiary/aromatic N) is 2. The molecule has 0 saturated heterocycles. The van der Waals surface area contributed by atoms with Crippen LogP contribution in [-0.2, 0) is 4.79 Å². The number of isocyanates is 1. The van der Waals surface area contributed by atoms with E-state index < -0.39 is 5.82 Å². The number of carbonyl (C=O) groups excluding carboxylic acids is 1. The molecule has 6 heteroatoms. The number of benzene rings is 1.